The van der Waals surface area contributed by atoms with Crippen LogP contribution in [0.25, 0.3) is 0 Å². The Bertz CT molecular complexity index is 1260. The third kappa shape index (κ3) is 3.42. The third-order valence-electron chi connectivity index (χ3n) is 6.21. The summed E-state index contributed by atoms with van der Waals surface area (Å²) in [5.41, 5.74) is 3.07. The van der Waals surface area contributed by atoms with Gasteiger partial charge >= 0.3 is 0 Å². The van der Waals surface area contributed by atoms with E-state index >= 15 is 0 Å². The monoisotopic (exact) mass is 462 g/mol. The minimum Gasteiger partial charge on any atom is -0.507 e. The summed E-state index contributed by atoms with van der Waals surface area (Å²) in [5, 5.41) is 17.4. The molecule has 0 aromatic heterocycles. The lowest BCUT2D eigenvalue weighted by Gasteiger charge is -2.39. The number of phenolic OH excluding ortho intramolecular Hbond substituents is 1. The van der Waals surface area contributed by atoms with Crippen molar-refractivity contribution in [2.45, 2.75) is 18.7 Å². The van der Waals surface area contributed by atoms with E-state index in [0.717, 1.165) is 16.8 Å². The average Bonchev–Trinajstić information content (AvgIpc) is 3.33. The molecule has 3 aromatic rings. The first-order valence-corrected chi connectivity index (χ1v) is 10.9. The molecule has 0 spiro atoms. The second-order valence-electron chi connectivity index (χ2n) is 7.96. The highest BCUT2D eigenvalue weighted by Crippen LogP contribution is 2.52. The predicted molar refractivity (Wildman–Crippen MR) is 126 cm³/mol. The van der Waals surface area contributed by atoms with Crippen LogP contribution < -0.4 is 23.7 Å². The molecule has 2 aliphatic rings. The second kappa shape index (κ2) is 8.70. The predicted octanol–water partition coefficient (Wildman–Crippen LogP) is 4.67. The van der Waals surface area contributed by atoms with E-state index in [4.69, 9.17) is 28.8 Å². The molecule has 8 heteroatoms. The van der Waals surface area contributed by atoms with E-state index in [2.05, 4.69) is 0 Å². The van der Waals surface area contributed by atoms with Crippen molar-refractivity contribution in [1.82, 2.24) is 5.01 Å². The molecule has 8 nitrogen and oxygen atoms in total. The van der Waals surface area contributed by atoms with Crippen molar-refractivity contribution in [2.24, 2.45) is 5.10 Å². The molecule has 0 saturated carbocycles. The number of hydrazone groups is 1. The van der Waals surface area contributed by atoms with Gasteiger partial charge in [-0.25, -0.2) is 5.01 Å². The SMILES string of the molecule is COc1ccc(O)c(C2=NN3[C@@H](c4cccc(OC)c4OC)Oc4c(OC)cccc4[C@@H]3C2)c1. The molecule has 176 valence electrons. The molecule has 0 amide bonds. The van der Waals surface area contributed by atoms with Crippen LogP contribution in [0.4, 0.5) is 0 Å². The van der Waals surface area contributed by atoms with Crippen molar-refractivity contribution in [3.8, 4) is 34.5 Å². The van der Waals surface area contributed by atoms with E-state index in [0.29, 0.717) is 40.7 Å². The first-order valence-electron chi connectivity index (χ1n) is 10.9. The van der Waals surface area contributed by atoms with Gasteiger partial charge in [-0.05, 0) is 36.4 Å². The van der Waals surface area contributed by atoms with Crippen LogP contribution in [0.5, 0.6) is 34.5 Å². The lowest BCUT2D eigenvalue weighted by molar-refractivity contribution is -0.0223. The van der Waals surface area contributed by atoms with E-state index in [1.807, 2.05) is 41.4 Å². The van der Waals surface area contributed by atoms with Crippen molar-refractivity contribution < 1.29 is 28.8 Å². The fraction of sp³-hybridized carbons (Fsp3) is 0.269. The minimum absolute atomic E-state index is 0.139. The maximum atomic E-state index is 10.6. The van der Waals surface area contributed by atoms with Gasteiger partial charge in [-0.3, -0.25) is 0 Å². The molecule has 2 heterocycles. The van der Waals surface area contributed by atoms with Gasteiger partial charge in [-0.2, -0.15) is 5.10 Å². The van der Waals surface area contributed by atoms with Gasteiger partial charge in [0, 0.05) is 17.5 Å². The van der Waals surface area contributed by atoms with E-state index in [-0.39, 0.29) is 11.8 Å². The molecule has 2 aliphatic heterocycles. The van der Waals surface area contributed by atoms with Crippen LogP contribution >= 0.6 is 0 Å². The number of hydrogen-bond acceptors (Lipinski definition) is 8. The normalized spacial score (nSPS) is 18.4. The molecule has 34 heavy (non-hydrogen) atoms. The van der Waals surface area contributed by atoms with Crippen molar-refractivity contribution in [1.29, 1.82) is 0 Å². The first-order chi connectivity index (χ1) is 16.6. The highest BCUT2D eigenvalue weighted by Gasteiger charge is 2.43. The van der Waals surface area contributed by atoms with E-state index in [1.165, 1.54) is 0 Å². The van der Waals surface area contributed by atoms with Gasteiger partial charge < -0.3 is 28.8 Å². The molecule has 1 N–H and O–H groups in total. The fourth-order valence-electron chi connectivity index (χ4n) is 4.59. The van der Waals surface area contributed by atoms with Crippen LogP contribution in [0.2, 0.25) is 0 Å². The van der Waals surface area contributed by atoms with Crippen LogP contribution in [-0.2, 0) is 0 Å². The Kier molecular flexibility index (Phi) is 5.57. The smallest absolute Gasteiger partial charge is 0.217 e. The molecule has 2 atom stereocenters. The van der Waals surface area contributed by atoms with Gasteiger partial charge in [0.1, 0.15) is 11.5 Å². The molecule has 5 rings (SSSR count). The molecule has 3 aromatic carbocycles. The summed E-state index contributed by atoms with van der Waals surface area (Å²) in [5.74, 6) is 3.25. The third-order valence-corrected chi connectivity index (χ3v) is 6.21. The lowest BCUT2D eigenvalue weighted by Crippen LogP contribution is -2.34. The summed E-state index contributed by atoms with van der Waals surface area (Å²) in [6.45, 7) is 0. The molecule has 0 radical (unpaired) electrons. The van der Waals surface area contributed by atoms with Crippen molar-refractivity contribution in [3.63, 3.8) is 0 Å². The van der Waals surface area contributed by atoms with E-state index in [9.17, 15) is 5.11 Å². The number of rotatable bonds is 6. The zero-order valence-corrected chi connectivity index (χ0v) is 19.4. The fourth-order valence-corrected chi connectivity index (χ4v) is 4.59. The highest BCUT2D eigenvalue weighted by atomic mass is 16.5. The van der Waals surface area contributed by atoms with E-state index in [1.54, 1.807) is 46.6 Å². The summed E-state index contributed by atoms with van der Waals surface area (Å²) < 4.78 is 28.7. The van der Waals surface area contributed by atoms with Crippen LogP contribution in [0.15, 0.2) is 59.7 Å². The topological polar surface area (TPSA) is 82.0 Å². The number of ether oxygens (including phenoxy) is 5. The van der Waals surface area contributed by atoms with Crippen molar-refractivity contribution >= 4 is 5.71 Å². The Balaban J connectivity index is 1.67. The Morgan fingerprint density at radius 2 is 1.62 bits per heavy atom. The van der Waals surface area contributed by atoms with E-state index < -0.39 is 6.23 Å². The second-order valence-corrected chi connectivity index (χ2v) is 7.96. The molecular formula is C26H26N2O6. The number of benzene rings is 3. The summed E-state index contributed by atoms with van der Waals surface area (Å²) in [7, 11) is 6.42. The average molecular weight is 463 g/mol. The Hall–Kier alpha value is -4.07. The van der Waals surface area contributed by atoms with Crippen LogP contribution in [0.1, 0.15) is 35.4 Å². The maximum Gasteiger partial charge on any atom is 0.217 e. The quantitative estimate of drug-likeness (QED) is 0.570. The molecule has 0 bridgehead atoms. The molecule has 0 saturated heterocycles. The zero-order valence-electron chi connectivity index (χ0n) is 19.4. The van der Waals surface area contributed by atoms with Gasteiger partial charge in [0.05, 0.1) is 45.8 Å². The maximum absolute atomic E-state index is 10.6. The highest BCUT2D eigenvalue weighted by molar-refractivity contribution is 6.04. The van der Waals surface area contributed by atoms with Gasteiger partial charge in [0.15, 0.2) is 23.0 Å². The Morgan fingerprint density at radius 3 is 2.32 bits per heavy atom. The number of methoxy groups -OCH3 is 4. The number of para-hydroxylation sites is 2. The summed E-state index contributed by atoms with van der Waals surface area (Å²) in [4.78, 5) is 0. The Morgan fingerprint density at radius 1 is 0.882 bits per heavy atom. The molecule has 0 aliphatic carbocycles. The number of aromatic hydroxyl groups is 1. The zero-order chi connectivity index (χ0) is 23.8. The number of hydrogen-bond donors (Lipinski definition) is 1. The Labute approximate surface area is 197 Å². The molecule has 0 unspecified atom stereocenters. The standard InChI is InChI=1S/C26H26N2O6/c1-30-15-11-12-21(29)18(13-15)19-14-20-16-7-5-10-23(32-3)25(16)34-26(28(20)27-19)17-8-6-9-22(31-2)24(17)33-4/h5-13,20,26,29H,14H2,1-4H3/t20-,26+/m0/s1. The van der Waals surface area contributed by atoms with Crippen molar-refractivity contribution in [2.75, 3.05) is 28.4 Å². The number of nitrogens with zero attached hydrogens (tertiary/aromatic N) is 2. The number of fused-ring (bicyclic) bond motifs is 3. The summed E-state index contributed by atoms with van der Waals surface area (Å²) in [6, 6.07) is 16.5. The van der Waals surface area contributed by atoms with Gasteiger partial charge in [0.25, 0.3) is 0 Å². The van der Waals surface area contributed by atoms with Gasteiger partial charge in [-0.15, -0.1) is 0 Å². The van der Waals surface area contributed by atoms with Crippen LogP contribution in [-0.4, -0.2) is 44.3 Å². The summed E-state index contributed by atoms with van der Waals surface area (Å²) >= 11 is 0. The lowest BCUT2D eigenvalue weighted by atomic mass is 9.95. The largest absolute Gasteiger partial charge is 0.507 e. The van der Waals surface area contributed by atoms with Gasteiger partial charge in [-0.1, -0.05) is 18.2 Å². The van der Waals surface area contributed by atoms with Crippen LogP contribution in [0, 0.1) is 0 Å². The minimum atomic E-state index is -0.607. The number of phenols is 1. The van der Waals surface area contributed by atoms with Crippen LogP contribution in [0.3, 0.4) is 0 Å². The molecular weight excluding hydrogens is 436 g/mol. The van der Waals surface area contributed by atoms with Crippen molar-refractivity contribution in [3.05, 3.63) is 71.3 Å². The first kappa shape index (κ1) is 21.8. The summed E-state index contributed by atoms with van der Waals surface area (Å²) in [6.07, 6.45) is -0.0448. The molecule has 0 fully saturated rings. The van der Waals surface area contributed by atoms with Gasteiger partial charge in [0.2, 0.25) is 6.23 Å².